The molecule has 1 atom stereocenters. The van der Waals surface area contributed by atoms with E-state index in [1.54, 1.807) is 17.0 Å². The van der Waals surface area contributed by atoms with Crippen molar-refractivity contribution in [3.05, 3.63) is 29.3 Å². The van der Waals surface area contributed by atoms with Crippen LogP contribution in [-0.4, -0.2) is 48.6 Å². The van der Waals surface area contributed by atoms with Crippen molar-refractivity contribution in [3.63, 3.8) is 0 Å². The molecule has 142 valence electrons. The molecule has 1 unspecified atom stereocenters. The number of rotatable bonds is 3. The molecule has 2 amide bonds. The van der Waals surface area contributed by atoms with Crippen molar-refractivity contribution in [2.45, 2.75) is 57.4 Å². The summed E-state index contributed by atoms with van der Waals surface area (Å²) in [6, 6.07) is 3.89. The number of hydrogen-bond acceptors (Lipinski definition) is 4. The highest BCUT2D eigenvalue weighted by molar-refractivity contribution is 7.89. The van der Waals surface area contributed by atoms with Crippen molar-refractivity contribution < 1.29 is 18.0 Å². The highest BCUT2D eigenvalue weighted by Crippen LogP contribution is 2.30. The first-order chi connectivity index (χ1) is 12.2. The third-order valence-corrected chi connectivity index (χ3v) is 7.40. The standard InChI is InChI=1S/C19H26N2O4S/c1-13-8-10-20(11-9-13)19(23)17-6-7-18(22)21(17)26(24,25)16-5-4-14(2)15(3)12-16/h4-5,12-13,17H,6-11H2,1-3H3. The van der Waals surface area contributed by atoms with Crippen LogP contribution in [0, 0.1) is 19.8 Å². The minimum Gasteiger partial charge on any atom is -0.341 e. The van der Waals surface area contributed by atoms with Gasteiger partial charge in [-0.3, -0.25) is 9.59 Å². The van der Waals surface area contributed by atoms with Gasteiger partial charge in [0.2, 0.25) is 11.8 Å². The topological polar surface area (TPSA) is 74.8 Å². The molecule has 2 aliphatic rings. The zero-order chi connectivity index (χ0) is 19.1. The van der Waals surface area contributed by atoms with Gasteiger partial charge in [0.25, 0.3) is 10.0 Å². The molecule has 0 aliphatic carbocycles. The zero-order valence-electron chi connectivity index (χ0n) is 15.6. The number of benzene rings is 1. The van der Waals surface area contributed by atoms with Crippen LogP contribution in [0.25, 0.3) is 0 Å². The SMILES string of the molecule is Cc1ccc(S(=O)(=O)N2C(=O)CCC2C(=O)N2CCC(C)CC2)cc1C. The molecule has 1 aromatic rings. The second-order valence-electron chi connectivity index (χ2n) is 7.50. The van der Waals surface area contributed by atoms with Gasteiger partial charge in [0, 0.05) is 19.5 Å². The van der Waals surface area contributed by atoms with Gasteiger partial charge < -0.3 is 4.90 Å². The van der Waals surface area contributed by atoms with E-state index in [0.29, 0.717) is 19.0 Å². The molecule has 1 aromatic carbocycles. The summed E-state index contributed by atoms with van der Waals surface area (Å²) in [5, 5.41) is 0. The quantitative estimate of drug-likeness (QED) is 0.808. The van der Waals surface area contributed by atoms with Crippen molar-refractivity contribution in [2.24, 2.45) is 5.92 Å². The molecule has 0 N–H and O–H groups in total. The number of piperidine rings is 1. The molecule has 0 saturated carbocycles. The van der Waals surface area contributed by atoms with E-state index >= 15 is 0 Å². The molecule has 2 heterocycles. The number of carbonyl (C=O) groups is 2. The maximum atomic E-state index is 13.1. The second kappa shape index (κ2) is 7.02. The lowest BCUT2D eigenvalue weighted by Crippen LogP contribution is -2.50. The summed E-state index contributed by atoms with van der Waals surface area (Å²) in [5.74, 6) is -0.165. The molecule has 26 heavy (non-hydrogen) atoms. The Morgan fingerprint density at radius 2 is 1.73 bits per heavy atom. The van der Waals surface area contributed by atoms with E-state index < -0.39 is 22.0 Å². The Morgan fingerprint density at radius 1 is 1.08 bits per heavy atom. The lowest BCUT2D eigenvalue weighted by molar-refractivity contribution is -0.138. The summed E-state index contributed by atoms with van der Waals surface area (Å²) < 4.78 is 27.0. The van der Waals surface area contributed by atoms with Gasteiger partial charge in [0.1, 0.15) is 6.04 Å². The average Bonchev–Trinajstić information content (AvgIpc) is 2.99. The van der Waals surface area contributed by atoms with Crippen LogP contribution < -0.4 is 0 Å². The Kier molecular flexibility index (Phi) is 5.10. The molecule has 2 saturated heterocycles. The van der Waals surface area contributed by atoms with E-state index in [2.05, 4.69) is 6.92 Å². The van der Waals surface area contributed by atoms with Crippen LogP contribution in [0.1, 0.15) is 43.7 Å². The molecule has 0 bridgehead atoms. The Hall–Kier alpha value is -1.89. The van der Waals surface area contributed by atoms with Crippen LogP contribution in [0.5, 0.6) is 0 Å². The predicted molar refractivity (Wildman–Crippen MR) is 97.9 cm³/mol. The van der Waals surface area contributed by atoms with Crippen LogP contribution in [0.4, 0.5) is 0 Å². The van der Waals surface area contributed by atoms with E-state index in [-0.39, 0.29) is 23.6 Å². The largest absolute Gasteiger partial charge is 0.341 e. The van der Waals surface area contributed by atoms with Gasteiger partial charge in [-0.25, -0.2) is 12.7 Å². The lowest BCUT2D eigenvalue weighted by atomic mass is 9.98. The molecular weight excluding hydrogens is 352 g/mol. The summed E-state index contributed by atoms with van der Waals surface area (Å²) in [4.78, 5) is 27.1. The van der Waals surface area contributed by atoms with Gasteiger partial charge in [-0.05, 0) is 62.3 Å². The summed E-state index contributed by atoms with van der Waals surface area (Å²) in [5.41, 5.74) is 1.82. The van der Waals surface area contributed by atoms with E-state index in [1.807, 2.05) is 13.8 Å². The molecule has 0 spiro atoms. The van der Waals surface area contributed by atoms with Gasteiger partial charge in [0.05, 0.1) is 4.90 Å². The van der Waals surface area contributed by atoms with E-state index in [4.69, 9.17) is 0 Å². The van der Waals surface area contributed by atoms with Gasteiger partial charge >= 0.3 is 0 Å². The first kappa shape index (κ1) is 18.9. The smallest absolute Gasteiger partial charge is 0.267 e. The van der Waals surface area contributed by atoms with Crippen molar-refractivity contribution >= 4 is 21.8 Å². The summed E-state index contributed by atoms with van der Waals surface area (Å²) >= 11 is 0. The first-order valence-corrected chi connectivity index (χ1v) is 10.6. The third kappa shape index (κ3) is 3.37. The maximum Gasteiger partial charge on any atom is 0.267 e. The fraction of sp³-hybridized carbons (Fsp3) is 0.579. The Balaban J connectivity index is 1.89. The van der Waals surface area contributed by atoms with Gasteiger partial charge in [-0.2, -0.15) is 0 Å². The van der Waals surface area contributed by atoms with Crippen molar-refractivity contribution in [1.29, 1.82) is 0 Å². The molecule has 0 radical (unpaired) electrons. The van der Waals surface area contributed by atoms with Crippen molar-refractivity contribution in [2.75, 3.05) is 13.1 Å². The average molecular weight is 378 g/mol. The number of carbonyl (C=O) groups excluding carboxylic acids is 2. The fourth-order valence-electron chi connectivity index (χ4n) is 3.61. The Bertz CT molecular complexity index is 826. The van der Waals surface area contributed by atoms with Gasteiger partial charge in [-0.1, -0.05) is 13.0 Å². The van der Waals surface area contributed by atoms with E-state index in [1.165, 1.54) is 6.07 Å². The van der Waals surface area contributed by atoms with Gasteiger partial charge in [0.15, 0.2) is 0 Å². The van der Waals surface area contributed by atoms with Crippen molar-refractivity contribution in [1.82, 2.24) is 9.21 Å². The summed E-state index contributed by atoms with van der Waals surface area (Å²) in [7, 11) is -4.03. The van der Waals surface area contributed by atoms with Crippen LogP contribution in [0.3, 0.4) is 0 Å². The molecule has 0 aromatic heterocycles. The first-order valence-electron chi connectivity index (χ1n) is 9.15. The minimum atomic E-state index is -4.03. The number of likely N-dealkylation sites (tertiary alicyclic amines) is 1. The monoisotopic (exact) mass is 378 g/mol. The number of amides is 2. The predicted octanol–water partition coefficient (Wildman–Crippen LogP) is 2.24. The van der Waals surface area contributed by atoms with Crippen LogP contribution in [-0.2, 0) is 19.6 Å². The molecule has 3 rings (SSSR count). The molecular formula is C19H26N2O4S. The number of aryl methyl sites for hydroxylation is 2. The van der Waals surface area contributed by atoms with E-state index in [0.717, 1.165) is 28.3 Å². The van der Waals surface area contributed by atoms with Crippen LogP contribution in [0.2, 0.25) is 0 Å². The van der Waals surface area contributed by atoms with Crippen LogP contribution in [0.15, 0.2) is 23.1 Å². The van der Waals surface area contributed by atoms with Gasteiger partial charge in [-0.15, -0.1) is 0 Å². The fourth-order valence-corrected chi connectivity index (χ4v) is 5.30. The molecule has 7 heteroatoms. The second-order valence-corrected chi connectivity index (χ2v) is 9.32. The summed E-state index contributed by atoms with van der Waals surface area (Å²) in [6.07, 6.45) is 2.17. The normalized spacial score (nSPS) is 22.1. The molecule has 2 fully saturated rings. The van der Waals surface area contributed by atoms with Crippen LogP contribution >= 0.6 is 0 Å². The molecule has 2 aliphatic heterocycles. The minimum absolute atomic E-state index is 0.0703. The highest BCUT2D eigenvalue weighted by Gasteiger charge is 2.45. The maximum absolute atomic E-state index is 13.1. The number of sulfonamides is 1. The Morgan fingerprint density at radius 3 is 2.35 bits per heavy atom. The summed E-state index contributed by atoms with van der Waals surface area (Å²) in [6.45, 7) is 7.13. The van der Waals surface area contributed by atoms with E-state index in [9.17, 15) is 18.0 Å². The lowest BCUT2D eigenvalue weighted by Gasteiger charge is -2.34. The highest BCUT2D eigenvalue weighted by atomic mass is 32.2. The molecule has 6 nitrogen and oxygen atoms in total. The van der Waals surface area contributed by atoms with Crippen molar-refractivity contribution in [3.8, 4) is 0 Å². The zero-order valence-corrected chi connectivity index (χ0v) is 16.4. The Labute approximate surface area is 155 Å². The number of nitrogens with zero attached hydrogens (tertiary/aromatic N) is 2. The third-order valence-electron chi connectivity index (χ3n) is 5.58. The number of hydrogen-bond donors (Lipinski definition) is 0.